The normalized spacial score (nSPS) is 22.6. The van der Waals surface area contributed by atoms with Crippen LogP contribution in [0, 0.1) is 0 Å². The van der Waals surface area contributed by atoms with E-state index in [2.05, 4.69) is 34.3 Å². The van der Waals surface area contributed by atoms with Crippen molar-refractivity contribution in [2.75, 3.05) is 23.9 Å². The van der Waals surface area contributed by atoms with Crippen LogP contribution in [0.4, 0.5) is 24.5 Å². The summed E-state index contributed by atoms with van der Waals surface area (Å²) in [6.45, 7) is 6.44. The Labute approximate surface area is 249 Å². The number of fused-ring (bicyclic) bond motifs is 1. The van der Waals surface area contributed by atoms with E-state index in [1.807, 2.05) is 23.7 Å². The number of benzene rings is 2. The van der Waals surface area contributed by atoms with Crippen LogP contribution in [0.2, 0.25) is 0 Å². The lowest BCUT2D eigenvalue weighted by molar-refractivity contribution is -0.138. The topological polar surface area (TPSA) is 84.3 Å². The second kappa shape index (κ2) is 10.8. The summed E-state index contributed by atoms with van der Waals surface area (Å²) in [5.41, 5.74) is 1.33. The van der Waals surface area contributed by atoms with Gasteiger partial charge in [0.25, 0.3) is 5.91 Å². The van der Waals surface area contributed by atoms with Gasteiger partial charge < -0.3 is 24.8 Å². The Bertz CT molecular complexity index is 1550. The molecule has 1 aliphatic heterocycles. The lowest BCUT2D eigenvalue weighted by Gasteiger charge is -2.46. The van der Waals surface area contributed by atoms with Crippen LogP contribution in [0.15, 0.2) is 49.3 Å². The van der Waals surface area contributed by atoms with Crippen LogP contribution >= 0.6 is 0 Å². The molecule has 3 aromatic rings. The van der Waals surface area contributed by atoms with E-state index >= 15 is 0 Å². The number of ether oxygens (including phenoxy) is 1. The lowest BCUT2D eigenvalue weighted by atomic mass is 9.61. The maximum absolute atomic E-state index is 14.4. The zero-order valence-electron chi connectivity index (χ0n) is 24.7. The smallest absolute Gasteiger partial charge is 0.382 e. The molecule has 2 fully saturated rings. The fraction of sp³-hybridized carbons (Fsp3) is 0.469. The van der Waals surface area contributed by atoms with Crippen LogP contribution in [-0.4, -0.2) is 46.0 Å². The first-order valence-corrected chi connectivity index (χ1v) is 14.6. The number of carbonyl (C=O) groups is 1. The fourth-order valence-corrected chi connectivity index (χ4v) is 6.71. The molecule has 1 aromatic heterocycles. The molecule has 2 aromatic carbocycles. The molecular weight excluding hydrogens is 557 g/mol. The largest absolute Gasteiger partial charge is 0.416 e. The van der Waals surface area contributed by atoms with Gasteiger partial charge in [-0.25, -0.2) is 0 Å². The summed E-state index contributed by atoms with van der Waals surface area (Å²) < 4.78 is 50.6. The number of halogens is 3. The van der Waals surface area contributed by atoms with Gasteiger partial charge in [0.05, 0.1) is 23.6 Å². The van der Waals surface area contributed by atoms with Gasteiger partial charge in [-0.2, -0.15) is 13.2 Å². The van der Waals surface area contributed by atoms with E-state index in [1.54, 1.807) is 31.6 Å². The van der Waals surface area contributed by atoms with Crippen LogP contribution in [-0.2, 0) is 36.5 Å². The van der Waals surface area contributed by atoms with Crippen LogP contribution in [0.25, 0.3) is 0 Å². The number of nitrogens with one attached hydrogen (secondary N) is 2. The fourth-order valence-electron chi connectivity index (χ4n) is 6.71. The summed E-state index contributed by atoms with van der Waals surface area (Å²) in [5, 5.41) is 15.2. The van der Waals surface area contributed by atoms with E-state index < -0.39 is 23.1 Å². The number of carbonyl (C=O) groups excluding carboxylic acids is 1. The zero-order valence-corrected chi connectivity index (χ0v) is 24.7. The number of amides is 1. The van der Waals surface area contributed by atoms with Crippen LogP contribution in [0.5, 0.6) is 0 Å². The first-order valence-electron chi connectivity index (χ1n) is 14.6. The zero-order chi connectivity index (χ0) is 30.6. The molecule has 228 valence electrons. The van der Waals surface area contributed by atoms with Gasteiger partial charge in [-0.1, -0.05) is 6.08 Å². The number of nitrogens with zero attached hydrogens (tertiary/aromatic N) is 4. The van der Waals surface area contributed by atoms with Crippen molar-refractivity contribution < 1.29 is 22.7 Å². The third-order valence-electron chi connectivity index (χ3n) is 9.44. The highest BCUT2D eigenvalue weighted by Gasteiger charge is 2.51. The first kappa shape index (κ1) is 29.4. The van der Waals surface area contributed by atoms with Gasteiger partial charge in [-0.15, -0.1) is 16.8 Å². The standard InChI is InChI=1S/C32H37F3N6O2/c1-5-9-36-22-12-21(31(15-24(16-31)43-4)29-39-38-19-40(29)3)13-23(14-22)41-18-26-25(28(41)42)10-20(11-27(26)32(33,34)35)17-37-30(2)7-6-8-30/h5,10-14,19,24,36-37H,1,6-9,15-18H2,2-4H3/t24-,31-. The van der Waals surface area contributed by atoms with Crippen molar-refractivity contribution >= 4 is 17.3 Å². The third kappa shape index (κ3) is 5.22. The van der Waals surface area contributed by atoms with E-state index in [1.165, 1.54) is 11.0 Å². The number of aryl methyl sites for hydroxylation is 1. The molecule has 43 heavy (non-hydrogen) atoms. The molecule has 0 atom stereocenters. The van der Waals surface area contributed by atoms with Gasteiger partial charge >= 0.3 is 6.18 Å². The quantitative estimate of drug-likeness (QED) is 0.292. The second-order valence-corrected chi connectivity index (χ2v) is 12.4. The number of rotatable bonds is 10. The Morgan fingerprint density at radius 3 is 2.56 bits per heavy atom. The molecule has 0 spiro atoms. The number of alkyl halides is 3. The summed E-state index contributed by atoms with van der Waals surface area (Å²) >= 11 is 0. The SMILES string of the molecule is C=CCNc1cc(N2Cc3c(cc(CNC4(C)CCC4)cc3C(F)(F)F)C2=O)cc([C@]2(c3nncn3C)C[C@H](OC)C2)c1. The second-order valence-electron chi connectivity index (χ2n) is 12.4. The minimum absolute atomic E-state index is 0.00761. The Balaban J connectivity index is 1.40. The van der Waals surface area contributed by atoms with Crippen molar-refractivity contribution in [2.45, 2.75) is 75.4 Å². The Morgan fingerprint density at radius 2 is 1.95 bits per heavy atom. The van der Waals surface area contributed by atoms with E-state index in [4.69, 9.17) is 4.74 Å². The van der Waals surface area contributed by atoms with Crippen molar-refractivity contribution in [1.82, 2.24) is 20.1 Å². The predicted octanol–water partition coefficient (Wildman–Crippen LogP) is 5.72. The number of methoxy groups -OCH3 is 1. The predicted molar refractivity (Wildman–Crippen MR) is 158 cm³/mol. The molecule has 2 aliphatic carbocycles. The minimum atomic E-state index is -4.59. The van der Waals surface area contributed by atoms with E-state index in [0.717, 1.165) is 36.3 Å². The summed E-state index contributed by atoms with van der Waals surface area (Å²) in [7, 11) is 3.56. The highest BCUT2D eigenvalue weighted by atomic mass is 19.4. The molecular formula is C32H37F3N6O2. The van der Waals surface area contributed by atoms with Crippen LogP contribution in [0.3, 0.4) is 0 Å². The van der Waals surface area contributed by atoms with Crippen molar-refractivity contribution in [3.63, 3.8) is 0 Å². The summed E-state index contributed by atoms with van der Waals surface area (Å²) in [5.74, 6) is 0.320. The third-order valence-corrected chi connectivity index (χ3v) is 9.44. The Hall–Kier alpha value is -3.70. The van der Waals surface area contributed by atoms with Gasteiger partial charge in [0.1, 0.15) is 12.2 Å². The molecule has 0 saturated heterocycles. The average molecular weight is 595 g/mol. The van der Waals surface area contributed by atoms with E-state index in [9.17, 15) is 18.0 Å². The van der Waals surface area contributed by atoms with Gasteiger partial charge in [-0.05, 0) is 86.1 Å². The summed E-state index contributed by atoms with van der Waals surface area (Å²) in [4.78, 5) is 15.4. The molecule has 11 heteroatoms. The summed E-state index contributed by atoms with van der Waals surface area (Å²) in [6, 6.07) is 8.53. The number of hydrogen-bond acceptors (Lipinski definition) is 6. The molecule has 0 bridgehead atoms. The molecule has 6 rings (SSSR count). The lowest BCUT2D eigenvalue weighted by Crippen LogP contribution is -2.48. The van der Waals surface area contributed by atoms with E-state index in [-0.39, 0.29) is 35.9 Å². The molecule has 2 saturated carbocycles. The highest BCUT2D eigenvalue weighted by Crippen LogP contribution is 2.51. The van der Waals surface area contributed by atoms with Crippen molar-refractivity contribution in [1.29, 1.82) is 0 Å². The first-order chi connectivity index (χ1) is 20.5. The van der Waals surface area contributed by atoms with Crippen molar-refractivity contribution in [2.24, 2.45) is 7.05 Å². The van der Waals surface area contributed by atoms with E-state index in [0.29, 0.717) is 30.6 Å². The van der Waals surface area contributed by atoms with Crippen LogP contribution in [0.1, 0.15) is 77.5 Å². The van der Waals surface area contributed by atoms with Gasteiger partial charge in [0, 0.05) is 49.7 Å². The molecule has 0 unspecified atom stereocenters. The maximum atomic E-state index is 14.4. The van der Waals surface area contributed by atoms with Crippen molar-refractivity contribution in [3.05, 3.63) is 83.0 Å². The van der Waals surface area contributed by atoms with Crippen molar-refractivity contribution in [3.8, 4) is 0 Å². The molecule has 2 N–H and O–H groups in total. The monoisotopic (exact) mass is 594 g/mol. The molecule has 2 heterocycles. The van der Waals surface area contributed by atoms with Crippen LogP contribution < -0.4 is 15.5 Å². The van der Waals surface area contributed by atoms with Gasteiger partial charge in [0.15, 0.2) is 0 Å². The molecule has 0 radical (unpaired) electrons. The Kier molecular flexibility index (Phi) is 7.37. The number of anilines is 2. The Morgan fingerprint density at radius 1 is 1.19 bits per heavy atom. The van der Waals surface area contributed by atoms with Gasteiger partial charge in [-0.3, -0.25) is 4.79 Å². The minimum Gasteiger partial charge on any atom is -0.382 e. The summed E-state index contributed by atoms with van der Waals surface area (Å²) in [6.07, 6.45) is 3.17. The highest BCUT2D eigenvalue weighted by molar-refractivity contribution is 6.10. The number of aromatic nitrogens is 3. The maximum Gasteiger partial charge on any atom is 0.416 e. The number of hydrogen-bond donors (Lipinski definition) is 2. The molecule has 3 aliphatic rings. The average Bonchev–Trinajstić information content (AvgIpc) is 3.51. The molecule has 8 nitrogen and oxygen atoms in total. The van der Waals surface area contributed by atoms with Gasteiger partial charge in [0.2, 0.25) is 0 Å². The molecule has 1 amide bonds.